The Kier molecular flexibility index (Phi) is 3.73. The van der Waals surface area contributed by atoms with Gasteiger partial charge in [-0.15, -0.1) is 0 Å². The van der Waals surface area contributed by atoms with Crippen molar-refractivity contribution in [3.8, 4) is 0 Å². The van der Waals surface area contributed by atoms with Crippen molar-refractivity contribution in [2.24, 2.45) is 5.92 Å². The van der Waals surface area contributed by atoms with E-state index in [0.29, 0.717) is 37.0 Å². The van der Waals surface area contributed by atoms with Gasteiger partial charge in [0.15, 0.2) is 5.82 Å². The highest BCUT2D eigenvalue weighted by molar-refractivity contribution is 5.76. The van der Waals surface area contributed by atoms with E-state index in [0.717, 1.165) is 12.8 Å². The summed E-state index contributed by atoms with van der Waals surface area (Å²) >= 11 is 0. The molecule has 0 unspecified atom stereocenters. The standard InChI is InChI=1S/C11H17N3O3/c1-7-13-11(17-14-7)3-2-10(16)12-6-8-4-9(15)5-8/h8-9,15H,2-6H2,1H3,(H,12,16). The fraction of sp³-hybridized carbons (Fsp3) is 0.727. The predicted octanol–water partition coefficient (Wildman–Crippen LogP) is 0.198. The summed E-state index contributed by atoms with van der Waals surface area (Å²) in [5, 5.41) is 15.6. The summed E-state index contributed by atoms with van der Waals surface area (Å²) < 4.78 is 4.91. The van der Waals surface area contributed by atoms with Crippen LogP contribution in [0.1, 0.15) is 31.0 Å². The molecule has 0 atom stereocenters. The van der Waals surface area contributed by atoms with Gasteiger partial charge in [-0.25, -0.2) is 0 Å². The maximum atomic E-state index is 11.5. The minimum Gasteiger partial charge on any atom is -0.393 e. The topological polar surface area (TPSA) is 88.2 Å². The van der Waals surface area contributed by atoms with Gasteiger partial charge in [0.2, 0.25) is 11.8 Å². The Morgan fingerprint density at radius 3 is 2.94 bits per heavy atom. The van der Waals surface area contributed by atoms with Crippen LogP contribution in [-0.4, -0.2) is 33.8 Å². The van der Waals surface area contributed by atoms with Gasteiger partial charge < -0.3 is 14.9 Å². The number of carbonyl (C=O) groups excluding carboxylic acids is 1. The number of amides is 1. The van der Waals surface area contributed by atoms with Crippen LogP contribution in [0.3, 0.4) is 0 Å². The molecule has 6 nitrogen and oxygen atoms in total. The third kappa shape index (κ3) is 3.52. The van der Waals surface area contributed by atoms with Gasteiger partial charge in [-0.1, -0.05) is 5.16 Å². The van der Waals surface area contributed by atoms with Gasteiger partial charge in [-0.05, 0) is 25.7 Å². The van der Waals surface area contributed by atoms with Crippen LogP contribution in [0.5, 0.6) is 0 Å². The highest BCUT2D eigenvalue weighted by Crippen LogP contribution is 2.26. The molecular formula is C11H17N3O3. The number of rotatable bonds is 5. The molecule has 1 aliphatic rings. The summed E-state index contributed by atoms with van der Waals surface area (Å²) in [4.78, 5) is 15.5. The van der Waals surface area contributed by atoms with E-state index in [9.17, 15) is 4.79 Å². The lowest BCUT2D eigenvalue weighted by molar-refractivity contribution is -0.121. The van der Waals surface area contributed by atoms with Crippen molar-refractivity contribution >= 4 is 5.91 Å². The molecule has 1 fully saturated rings. The van der Waals surface area contributed by atoms with Gasteiger partial charge >= 0.3 is 0 Å². The fourth-order valence-corrected chi connectivity index (χ4v) is 1.88. The van der Waals surface area contributed by atoms with E-state index in [4.69, 9.17) is 9.63 Å². The molecule has 0 bridgehead atoms. The summed E-state index contributed by atoms with van der Waals surface area (Å²) in [6, 6.07) is 0. The zero-order valence-electron chi connectivity index (χ0n) is 9.85. The van der Waals surface area contributed by atoms with Crippen LogP contribution >= 0.6 is 0 Å². The van der Waals surface area contributed by atoms with E-state index >= 15 is 0 Å². The third-order valence-corrected chi connectivity index (χ3v) is 2.93. The second-order valence-electron chi connectivity index (χ2n) is 4.53. The fourth-order valence-electron chi connectivity index (χ4n) is 1.88. The number of hydrogen-bond acceptors (Lipinski definition) is 5. The largest absolute Gasteiger partial charge is 0.393 e. The predicted molar refractivity (Wildman–Crippen MR) is 59.1 cm³/mol. The maximum absolute atomic E-state index is 11.5. The highest BCUT2D eigenvalue weighted by atomic mass is 16.5. The number of aliphatic hydroxyl groups is 1. The van der Waals surface area contributed by atoms with Crippen molar-refractivity contribution in [1.82, 2.24) is 15.5 Å². The van der Waals surface area contributed by atoms with Crippen LogP contribution in [0.4, 0.5) is 0 Å². The zero-order valence-corrected chi connectivity index (χ0v) is 9.85. The van der Waals surface area contributed by atoms with Crippen LogP contribution in [0, 0.1) is 12.8 Å². The number of aliphatic hydroxyl groups excluding tert-OH is 1. The molecule has 1 aliphatic carbocycles. The van der Waals surface area contributed by atoms with Gasteiger partial charge in [0.05, 0.1) is 6.10 Å². The average molecular weight is 239 g/mol. The molecule has 17 heavy (non-hydrogen) atoms. The molecule has 1 aromatic rings. The number of aryl methyl sites for hydroxylation is 2. The molecule has 0 radical (unpaired) electrons. The molecule has 1 amide bonds. The van der Waals surface area contributed by atoms with Crippen molar-refractivity contribution in [1.29, 1.82) is 0 Å². The van der Waals surface area contributed by atoms with Crippen LogP contribution < -0.4 is 5.32 Å². The minimum atomic E-state index is -0.168. The molecule has 6 heteroatoms. The van der Waals surface area contributed by atoms with Crippen molar-refractivity contribution in [2.45, 2.75) is 38.7 Å². The van der Waals surface area contributed by atoms with E-state index in [-0.39, 0.29) is 12.0 Å². The van der Waals surface area contributed by atoms with Crippen LogP contribution in [0.25, 0.3) is 0 Å². The maximum Gasteiger partial charge on any atom is 0.227 e. The molecule has 1 aromatic heterocycles. The van der Waals surface area contributed by atoms with Crippen molar-refractivity contribution in [3.05, 3.63) is 11.7 Å². The lowest BCUT2D eigenvalue weighted by Crippen LogP contribution is -2.38. The summed E-state index contributed by atoms with van der Waals surface area (Å²) in [6.45, 7) is 2.40. The van der Waals surface area contributed by atoms with E-state index in [2.05, 4.69) is 15.5 Å². The van der Waals surface area contributed by atoms with E-state index in [1.54, 1.807) is 6.92 Å². The SMILES string of the molecule is Cc1noc(CCC(=O)NCC2CC(O)C2)n1. The minimum absolute atomic E-state index is 0.0118. The third-order valence-electron chi connectivity index (χ3n) is 2.93. The summed E-state index contributed by atoms with van der Waals surface area (Å²) in [5.41, 5.74) is 0. The van der Waals surface area contributed by atoms with Crippen molar-refractivity contribution < 1.29 is 14.4 Å². The second-order valence-corrected chi connectivity index (χ2v) is 4.53. The van der Waals surface area contributed by atoms with Gasteiger partial charge in [-0.3, -0.25) is 4.79 Å². The molecule has 2 N–H and O–H groups in total. The van der Waals surface area contributed by atoms with E-state index < -0.39 is 0 Å². The van der Waals surface area contributed by atoms with Gasteiger partial charge in [-0.2, -0.15) is 4.98 Å². The molecule has 0 saturated heterocycles. The average Bonchev–Trinajstić information content (AvgIpc) is 2.66. The molecule has 2 rings (SSSR count). The molecule has 0 aliphatic heterocycles. The highest BCUT2D eigenvalue weighted by Gasteiger charge is 2.27. The first-order chi connectivity index (χ1) is 8.13. The first-order valence-corrected chi connectivity index (χ1v) is 5.87. The Balaban J connectivity index is 1.61. The number of hydrogen-bond donors (Lipinski definition) is 2. The summed E-state index contributed by atoms with van der Waals surface area (Å²) in [7, 11) is 0. The second kappa shape index (κ2) is 5.27. The Labute approximate surface area is 99.4 Å². The summed E-state index contributed by atoms with van der Waals surface area (Å²) in [5.74, 6) is 1.50. The number of carbonyl (C=O) groups is 1. The number of aromatic nitrogens is 2. The normalized spacial score (nSPS) is 23.2. The van der Waals surface area contributed by atoms with Gasteiger partial charge in [0.25, 0.3) is 0 Å². The number of nitrogens with zero attached hydrogens (tertiary/aromatic N) is 2. The molecule has 1 heterocycles. The first kappa shape index (κ1) is 12.0. The lowest BCUT2D eigenvalue weighted by atomic mass is 9.82. The Hall–Kier alpha value is -1.43. The molecule has 0 aromatic carbocycles. The van der Waals surface area contributed by atoms with Gasteiger partial charge in [0.1, 0.15) is 0 Å². The summed E-state index contributed by atoms with van der Waals surface area (Å²) in [6.07, 6.45) is 2.25. The first-order valence-electron chi connectivity index (χ1n) is 5.87. The molecule has 1 saturated carbocycles. The van der Waals surface area contributed by atoms with E-state index in [1.165, 1.54) is 0 Å². The Morgan fingerprint density at radius 2 is 2.35 bits per heavy atom. The van der Waals surface area contributed by atoms with Gasteiger partial charge in [0, 0.05) is 19.4 Å². The van der Waals surface area contributed by atoms with Crippen molar-refractivity contribution in [3.63, 3.8) is 0 Å². The quantitative estimate of drug-likeness (QED) is 0.766. The van der Waals surface area contributed by atoms with Crippen LogP contribution in [0.15, 0.2) is 4.52 Å². The Morgan fingerprint density at radius 1 is 1.59 bits per heavy atom. The monoisotopic (exact) mass is 239 g/mol. The number of nitrogens with one attached hydrogen (secondary N) is 1. The van der Waals surface area contributed by atoms with Crippen LogP contribution in [0.2, 0.25) is 0 Å². The zero-order chi connectivity index (χ0) is 12.3. The molecule has 0 spiro atoms. The smallest absolute Gasteiger partial charge is 0.227 e. The van der Waals surface area contributed by atoms with Crippen molar-refractivity contribution in [2.75, 3.05) is 6.54 Å². The van der Waals surface area contributed by atoms with Crippen LogP contribution in [-0.2, 0) is 11.2 Å². The molecule has 94 valence electrons. The van der Waals surface area contributed by atoms with E-state index in [1.807, 2.05) is 0 Å². The Bertz CT molecular complexity index is 385. The lowest BCUT2D eigenvalue weighted by Gasteiger charge is -2.31. The molecular weight excluding hydrogens is 222 g/mol.